The normalized spacial score (nSPS) is 12.7. The van der Waals surface area contributed by atoms with Gasteiger partial charge < -0.3 is 15.6 Å². The molecule has 0 aliphatic heterocycles. The lowest BCUT2D eigenvalue weighted by Crippen LogP contribution is -2.04. The van der Waals surface area contributed by atoms with Crippen LogP contribution < -0.4 is 10.5 Å². The smallest absolute Gasteiger partial charge is 0.337 e. The van der Waals surface area contributed by atoms with Crippen LogP contribution in [0.25, 0.3) is 6.08 Å². The van der Waals surface area contributed by atoms with Crippen LogP contribution in [0, 0.1) is 0 Å². The van der Waals surface area contributed by atoms with Gasteiger partial charge in [0.15, 0.2) is 0 Å². The summed E-state index contributed by atoms with van der Waals surface area (Å²) < 4.78 is 5.69. The maximum atomic E-state index is 11.1. The van der Waals surface area contributed by atoms with E-state index in [1.165, 1.54) is 17.2 Å². The molecule has 1 aliphatic rings. The molecule has 0 saturated heterocycles. The molecule has 3 N–H and O–H groups in total. The first kappa shape index (κ1) is 14.2. The summed E-state index contributed by atoms with van der Waals surface area (Å²) >= 11 is 0. The second kappa shape index (κ2) is 5.93. The van der Waals surface area contributed by atoms with E-state index in [4.69, 9.17) is 15.6 Å². The van der Waals surface area contributed by atoms with Crippen LogP contribution in [0.1, 0.15) is 33.5 Å². The van der Waals surface area contributed by atoms with Gasteiger partial charge in [-0.1, -0.05) is 24.3 Å². The zero-order valence-electron chi connectivity index (χ0n) is 12.1. The maximum absolute atomic E-state index is 11.1. The van der Waals surface area contributed by atoms with Gasteiger partial charge in [-0.15, -0.1) is 0 Å². The number of nitrogens with two attached hydrogens (primary N) is 1. The molecule has 0 atom stereocenters. The topological polar surface area (TPSA) is 72.5 Å². The van der Waals surface area contributed by atoms with Gasteiger partial charge in [0.1, 0.15) is 12.4 Å². The number of carboxylic acid groups (broad SMARTS) is 1. The molecule has 0 radical (unpaired) electrons. The van der Waals surface area contributed by atoms with Crippen LogP contribution in [0.4, 0.5) is 5.69 Å². The molecular formula is C18H17NO3. The number of allylic oxidation sites excluding steroid dienone is 1. The molecule has 22 heavy (non-hydrogen) atoms. The van der Waals surface area contributed by atoms with Crippen molar-refractivity contribution in [1.29, 1.82) is 0 Å². The summed E-state index contributed by atoms with van der Waals surface area (Å²) in [5, 5.41) is 9.06. The summed E-state index contributed by atoms with van der Waals surface area (Å²) in [4.78, 5) is 11.1. The van der Waals surface area contributed by atoms with Crippen molar-refractivity contribution in [2.75, 3.05) is 5.73 Å². The van der Waals surface area contributed by atoms with Crippen molar-refractivity contribution in [3.05, 3.63) is 64.7 Å². The first-order valence-corrected chi connectivity index (χ1v) is 7.17. The number of ether oxygens (including phenoxy) is 1. The van der Waals surface area contributed by atoms with E-state index in [0.29, 0.717) is 12.4 Å². The van der Waals surface area contributed by atoms with Crippen LogP contribution in [-0.4, -0.2) is 11.1 Å². The molecule has 0 fully saturated rings. The van der Waals surface area contributed by atoms with Crippen LogP contribution in [0.15, 0.2) is 42.5 Å². The van der Waals surface area contributed by atoms with E-state index in [2.05, 4.69) is 24.3 Å². The molecular weight excluding hydrogens is 278 g/mol. The van der Waals surface area contributed by atoms with E-state index in [-0.39, 0.29) is 11.3 Å². The van der Waals surface area contributed by atoms with Crippen molar-refractivity contribution in [2.45, 2.75) is 19.4 Å². The number of aryl methyl sites for hydroxylation is 1. The standard InChI is InChI=1S/C18H17NO3/c19-17-8-7-15(10-16(17)18(20)21)22-11-12-5-6-13-3-1-2-4-14(13)9-12/h2,4-10H,1,3,11,19H2,(H,20,21). The fraction of sp³-hybridized carbons (Fsp3) is 0.167. The number of benzene rings is 2. The molecule has 2 aromatic rings. The first-order chi connectivity index (χ1) is 10.6. The fourth-order valence-corrected chi connectivity index (χ4v) is 2.54. The lowest BCUT2D eigenvalue weighted by molar-refractivity contribution is 0.0697. The number of hydrogen-bond acceptors (Lipinski definition) is 3. The van der Waals surface area contributed by atoms with Crippen molar-refractivity contribution in [3.8, 4) is 5.75 Å². The molecule has 2 aromatic carbocycles. The van der Waals surface area contributed by atoms with Crippen LogP contribution >= 0.6 is 0 Å². The maximum Gasteiger partial charge on any atom is 0.337 e. The fourth-order valence-electron chi connectivity index (χ4n) is 2.54. The van der Waals surface area contributed by atoms with Gasteiger partial charge in [-0.25, -0.2) is 4.79 Å². The van der Waals surface area contributed by atoms with E-state index in [0.717, 1.165) is 18.4 Å². The highest BCUT2D eigenvalue weighted by molar-refractivity contribution is 5.94. The largest absolute Gasteiger partial charge is 0.489 e. The van der Waals surface area contributed by atoms with Crippen molar-refractivity contribution in [2.24, 2.45) is 0 Å². The molecule has 1 aliphatic carbocycles. The van der Waals surface area contributed by atoms with Gasteiger partial charge in [-0.05, 0) is 53.8 Å². The van der Waals surface area contributed by atoms with E-state index in [1.807, 2.05) is 6.07 Å². The third kappa shape index (κ3) is 2.96. The van der Waals surface area contributed by atoms with E-state index in [1.54, 1.807) is 12.1 Å². The minimum absolute atomic E-state index is 0.0610. The number of rotatable bonds is 4. The van der Waals surface area contributed by atoms with Crippen molar-refractivity contribution in [3.63, 3.8) is 0 Å². The first-order valence-electron chi connectivity index (χ1n) is 7.17. The van der Waals surface area contributed by atoms with E-state index < -0.39 is 5.97 Å². The van der Waals surface area contributed by atoms with Crippen molar-refractivity contribution in [1.82, 2.24) is 0 Å². The minimum Gasteiger partial charge on any atom is -0.489 e. The summed E-state index contributed by atoms with van der Waals surface area (Å²) in [5.41, 5.74) is 9.57. The Labute approximate surface area is 128 Å². The molecule has 112 valence electrons. The van der Waals surface area contributed by atoms with Crippen molar-refractivity contribution < 1.29 is 14.6 Å². The zero-order chi connectivity index (χ0) is 15.5. The monoisotopic (exact) mass is 295 g/mol. The summed E-state index contributed by atoms with van der Waals surface area (Å²) in [7, 11) is 0. The Morgan fingerprint density at radius 1 is 1.23 bits per heavy atom. The molecule has 3 rings (SSSR count). The number of hydrogen-bond donors (Lipinski definition) is 2. The Balaban J connectivity index is 1.74. The molecule has 4 heteroatoms. The summed E-state index contributed by atoms with van der Waals surface area (Å²) in [6.45, 7) is 0.393. The number of carbonyl (C=O) groups is 1. The SMILES string of the molecule is Nc1ccc(OCc2ccc3c(c2)C=CCC3)cc1C(=O)O. The predicted octanol–water partition coefficient (Wildman–Crippen LogP) is 3.51. The summed E-state index contributed by atoms with van der Waals surface area (Å²) in [5.74, 6) is -0.554. The van der Waals surface area contributed by atoms with E-state index in [9.17, 15) is 4.79 Å². The van der Waals surface area contributed by atoms with Crippen LogP contribution in [0.3, 0.4) is 0 Å². The van der Waals surface area contributed by atoms with Gasteiger partial charge in [0.25, 0.3) is 0 Å². The predicted molar refractivity (Wildman–Crippen MR) is 85.9 cm³/mol. The van der Waals surface area contributed by atoms with E-state index >= 15 is 0 Å². The van der Waals surface area contributed by atoms with Gasteiger partial charge in [-0.2, -0.15) is 0 Å². The molecule has 0 bridgehead atoms. The highest BCUT2D eigenvalue weighted by Gasteiger charge is 2.10. The molecule has 0 spiro atoms. The highest BCUT2D eigenvalue weighted by atomic mass is 16.5. The molecule has 0 aromatic heterocycles. The zero-order valence-corrected chi connectivity index (χ0v) is 12.1. The molecule has 0 heterocycles. The third-order valence-electron chi connectivity index (χ3n) is 3.75. The Morgan fingerprint density at radius 2 is 2.09 bits per heavy atom. The van der Waals surface area contributed by atoms with Gasteiger partial charge >= 0.3 is 5.97 Å². The average Bonchev–Trinajstić information content (AvgIpc) is 2.53. The second-order valence-electron chi connectivity index (χ2n) is 5.32. The molecule has 0 unspecified atom stereocenters. The molecule has 0 saturated carbocycles. The molecule has 0 amide bonds. The lowest BCUT2D eigenvalue weighted by atomic mass is 9.96. The quantitative estimate of drug-likeness (QED) is 0.847. The van der Waals surface area contributed by atoms with Gasteiger partial charge in [-0.3, -0.25) is 0 Å². The van der Waals surface area contributed by atoms with Crippen LogP contribution in [0.5, 0.6) is 5.75 Å². The Hall–Kier alpha value is -2.75. The number of nitrogen functional groups attached to an aromatic ring is 1. The summed E-state index contributed by atoms with van der Waals surface area (Å²) in [6.07, 6.45) is 6.47. The molecule has 4 nitrogen and oxygen atoms in total. The number of carboxylic acids is 1. The summed E-state index contributed by atoms with van der Waals surface area (Å²) in [6, 6.07) is 11.0. The van der Waals surface area contributed by atoms with Gasteiger partial charge in [0.2, 0.25) is 0 Å². The average molecular weight is 295 g/mol. The van der Waals surface area contributed by atoms with Crippen molar-refractivity contribution >= 4 is 17.7 Å². The van der Waals surface area contributed by atoms with Gasteiger partial charge in [0, 0.05) is 5.69 Å². The number of anilines is 1. The number of aromatic carboxylic acids is 1. The minimum atomic E-state index is -1.05. The van der Waals surface area contributed by atoms with Crippen LogP contribution in [0.2, 0.25) is 0 Å². The van der Waals surface area contributed by atoms with Crippen LogP contribution in [-0.2, 0) is 13.0 Å². The number of fused-ring (bicyclic) bond motifs is 1. The Kier molecular flexibility index (Phi) is 3.83. The highest BCUT2D eigenvalue weighted by Crippen LogP contribution is 2.23. The van der Waals surface area contributed by atoms with Gasteiger partial charge in [0.05, 0.1) is 5.56 Å². The lowest BCUT2D eigenvalue weighted by Gasteiger charge is -2.13. The second-order valence-corrected chi connectivity index (χ2v) is 5.32. The Bertz CT molecular complexity index is 750. The Morgan fingerprint density at radius 3 is 2.91 bits per heavy atom. The third-order valence-corrected chi connectivity index (χ3v) is 3.75.